The lowest BCUT2D eigenvalue weighted by molar-refractivity contribution is -0.167. The zero-order valence-corrected chi connectivity index (χ0v) is 52.5. The zero-order chi connectivity index (χ0) is 56.4. The van der Waals surface area contributed by atoms with E-state index < -0.39 is 6.10 Å². The molecule has 0 aromatic heterocycles. The predicted molar refractivity (Wildman–Crippen MR) is 339 cm³/mol. The summed E-state index contributed by atoms with van der Waals surface area (Å²) in [4.78, 5) is 38.1. The van der Waals surface area contributed by atoms with Gasteiger partial charge in [0.1, 0.15) is 13.2 Å². The molecule has 0 rings (SSSR count). The average molecular weight is 1090 g/mol. The van der Waals surface area contributed by atoms with Crippen LogP contribution >= 0.6 is 0 Å². The standard InChI is InChI=1S/C72H132O6/c1-4-7-10-13-16-18-20-22-24-26-28-30-32-34-36-38-40-42-44-46-48-50-52-54-56-59-62-65-71(74)77-68-69(67-76-70(73)64-61-58-15-12-9-6-3)78-72(75)66-63-60-57-55-53-51-49-47-45-43-41-39-37-35-33-31-29-27-25-23-21-19-17-14-11-8-5-2/h20-23,26-29,69H,4-19,24-25,30-68H2,1-3H3/b22-20-,23-21-,28-26-,29-27-. The van der Waals surface area contributed by atoms with Gasteiger partial charge in [-0.2, -0.15) is 0 Å². The molecule has 6 nitrogen and oxygen atoms in total. The minimum Gasteiger partial charge on any atom is -0.462 e. The Balaban J connectivity index is 4.00. The Labute approximate surface area is 486 Å². The number of carbonyl (C=O) groups is 3. The topological polar surface area (TPSA) is 78.9 Å². The molecule has 0 saturated carbocycles. The Morgan fingerprint density at radius 3 is 0.705 bits per heavy atom. The highest BCUT2D eigenvalue weighted by Gasteiger charge is 2.19. The van der Waals surface area contributed by atoms with Crippen LogP contribution in [-0.2, 0) is 28.6 Å². The molecule has 0 spiro atoms. The van der Waals surface area contributed by atoms with Gasteiger partial charge in [-0.3, -0.25) is 14.4 Å². The quantitative estimate of drug-likeness (QED) is 0.0261. The van der Waals surface area contributed by atoms with Crippen molar-refractivity contribution in [2.45, 2.75) is 380 Å². The van der Waals surface area contributed by atoms with Gasteiger partial charge in [-0.25, -0.2) is 0 Å². The largest absolute Gasteiger partial charge is 0.462 e. The van der Waals surface area contributed by atoms with Gasteiger partial charge < -0.3 is 14.2 Å². The first-order valence-electron chi connectivity index (χ1n) is 34.6. The molecular weight excluding hydrogens is 961 g/mol. The molecule has 0 aliphatic heterocycles. The molecule has 0 fully saturated rings. The summed E-state index contributed by atoms with van der Waals surface area (Å²) in [5.74, 6) is -0.857. The number of hydrogen-bond acceptors (Lipinski definition) is 6. The molecule has 1 unspecified atom stereocenters. The Morgan fingerprint density at radius 2 is 0.462 bits per heavy atom. The maximum Gasteiger partial charge on any atom is 0.306 e. The summed E-state index contributed by atoms with van der Waals surface area (Å²) in [5, 5.41) is 0. The number of allylic oxidation sites excluding steroid dienone is 8. The van der Waals surface area contributed by atoms with Crippen molar-refractivity contribution in [2.75, 3.05) is 13.2 Å². The van der Waals surface area contributed by atoms with Gasteiger partial charge in [0.15, 0.2) is 6.10 Å². The van der Waals surface area contributed by atoms with E-state index in [0.29, 0.717) is 19.3 Å². The van der Waals surface area contributed by atoms with Crippen LogP contribution in [0.3, 0.4) is 0 Å². The Morgan fingerprint density at radius 1 is 0.256 bits per heavy atom. The maximum atomic E-state index is 12.9. The van der Waals surface area contributed by atoms with E-state index in [9.17, 15) is 14.4 Å². The lowest BCUT2D eigenvalue weighted by atomic mass is 10.0. The van der Waals surface area contributed by atoms with Crippen LogP contribution in [0.25, 0.3) is 0 Å². The fourth-order valence-corrected chi connectivity index (χ4v) is 10.3. The molecule has 0 aromatic rings. The van der Waals surface area contributed by atoms with E-state index in [0.717, 1.165) is 70.6 Å². The SMILES string of the molecule is CCCCCCC/C=C\C/C=C\CCCCCCCCCCCCCCCCCC(=O)OCC(COC(=O)CCCCCCCC)OC(=O)CCCCCCCCCCCCCCCCC/C=C\C/C=C\CCCCCCC. The van der Waals surface area contributed by atoms with E-state index in [1.165, 1.54) is 263 Å². The number of unbranched alkanes of at least 4 members (excludes halogenated alkanes) is 45. The number of hydrogen-bond donors (Lipinski definition) is 0. The molecule has 0 aliphatic carbocycles. The first-order valence-corrected chi connectivity index (χ1v) is 34.6. The van der Waals surface area contributed by atoms with Crippen molar-refractivity contribution in [3.8, 4) is 0 Å². The highest BCUT2D eigenvalue weighted by Crippen LogP contribution is 2.18. The Kier molecular flexibility index (Phi) is 64.6. The van der Waals surface area contributed by atoms with Crippen molar-refractivity contribution in [3.63, 3.8) is 0 Å². The summed E-state index contributed by atoms with van der Waals surface area (Å²) in [6.07, 6.45) is 84.6. The molecule has 0 aromatic carbocycles. The second-order valence-electron chi connectivity index (χ2n) is 23.4. The molecule has 0 heterocycles. The van der Waals surface area contributed by atoms with Crippen LogP contribution in [0, 0.1) is 0 Å². The molecule has 0 radical (unpaired) electrons. The van der Waals surface area contributed by atoms with Crippen molar-refractivity contribution in [3.05, 3.63) is 48.6 Å². The summed E-state index contributed by atoms with van der Waals surface area (Å²) in [5.41, 5.74) is 0. The smallest absolute Gasteiger partial charge is 0.306 e. The third-order valence-electron chi connectivity index (χ3n) is 15.6. The van der Waals surface area contributed by atoms with E-state index in [2.05, 4.69) is 69.4 Å². The molecule has 0 saturated heterocycles. The Hall–Kier alpha value is -2.63. The van der Waals surface area contributed by atoms with Gasteiger partial charge in [0, 0.05) is 19.3 Å². The highest BCUT2D eigenvalue weighted by atomic mass is 16.6. The summed E-state index contributed by atoms with van der Waals surface area (Å²) in [6.45, 7) is 6.62. The summed E-state index contributed by atoms with van der Waals surface area (Å²) >= 11 is 0. The van der Waals surface area contributed by atoms with Crippen molar-refractivity contribution in [1.82, 2.24) is 0 Å². The first kappa shape index (κ1) is 75.4. The second kappa shape index (κ2) is 66.9. The minimum atomic E-state index is -0.769. The molecule has 0 N–H and O–H groups in total. The maximum absolute atomic E-state index is 12.9. The van der Waals surface area contributed by atoms with Crippen molar-refractivity contribution in [1.29, 1.82) is 0 Å². The van der Waals surface area contributed by atoms with Crippen LogP contribution in [0.5, 0.6) is 0 Å². The first-order chi connectivity index (χ1) is 38.5. The van der Waals surface area contributed by atoms with Crippen molar-refractivity contribution >= 4 is 17.9 Å². The summed E-state index contributed by atoms with van der Waals surface area (Å²) in [6, 6.07) is 0. The van der Waals surface area contributed by atoms with Crippen LogP contribution in [0.15, 0.2) is 48.6 Å². The minimum absolute atomic E-state index is 0.0689. The van der Waals surface area contributed by atoms with E-state index >= 15 is 0 Å². The molecule has 78 heavy (non-hydrogen) atoms. The number of esters is 3. The fourth-order valence-electron chi connectivity index (χ4n) is 10.3. The normalized spacial score (nSPS) is 12.3. The molecule has 1 atom stereocenters. The second-order valence-corrected chi connectivity index (χ2v) is 23.4. The van der Waals surface area contributed by atoms with Crippen LogP contribution in [0.4, 0.5) is 0 Å². The number of rotatable bonds is 64. The third-order valence-corrected chi connectivity index (χ3v) is 15.6. The van der Waals surface area contributed by atoms with Gasteiger partial charge in [0.2, 0.25) is 0 Å². The lowest BCUT2D eigenvalue weighted by Crippen LogP contribution is -2.30. The fraction of sp³-hybridized carbons (Fsp3) is 0.847. The van der Waals surface area contributed by atoms with E-state index in [1.54, 1.807) is 0 Å². The molecule has 456 valence electrons. The van der Waals surface area contributed by atoms with E-state index in [1.807, 2.05) is 0 Å². The van der Waals surface area contributed by atoms with Crippen LogP contribution < -0.4 is 0 Å². The van der Waals surface area contributed by atoms with E-state index in [-0.39, 0.29) is 31.1 Å². The summed E-state index contributed by atoms with van der Waals surface area (Å²) < 4.78 is 16.9. The van der Waals surface area contributed by atoms with Gasteiger partial charge in [-0.1, -0.05) is 320 Å². The predicted octanol–water partition coefficient (Wildman–Crippen LogP) is 23.7. The molecular formula is C72H132O6. The number of carbonyl (C=O) groups excluding carboxylic acids is 3. The molecule has 6 heteroatoms. The average Bonchev–Trinajstić information content (AvgIpc) is 3.44. The third kappa shape index (κ3) is 64.2. The molecule has 0 aliphatic rings. The number of ether oxygens (including phenoxy) is 3. The van der Waals surface area contributed by atoms with Gasteiger partial charge >= 0.3 is 17.9 Å². The van der Waals surface area contributed by atoms with Gasteiger partial charge in [-0.15, -0.1) is 0 Å². The monoisotopic (exact) mass is 1090 g/mol. The van der Waals surface area contributed by atoms with Crippen molar-refractivity contribution in [2.24, 2.45) is 0 Å². The summed E-state index contributed by atoms with van der Waals surface area (Å²) in [7, 11) is 0. The Bertz CT molecular complexity index is 1350. The zero-order valence-electron chi connectivity index (χ0n) is 52.5. The van der Waals surface area contributed by atoms with Gasteiger partial charge in [-0.05, 0) is 83.5 Å². The highest BCUT2D eigenvalue weighted by molar-refractivity contribution is 5.71. The van der Waals surface area contributed by atoms with Crippen molar-refractivity contribution < 1.29 is 28.6 Å². The van der Waals surface area contributed by atoms with Crippen LogP contribution in [-0.4, -0.2) is 37.2 Å². The molecule has 0 bridgehead atoms. The lowest BCUT2D eigenvalue weighted by Gasteiger charge is -2.18. The van der Waals surface area contributed by atoms with Gasteiger partial charge in [0.25, 0.3) is 0 Å². The van der Waals surface area contributed by atoms with Crippen LogP contribution in [0.1, 0.15) is 374 Å². The molecule has 0 amide bonds. The van der Waals surface area contributed by atoms with Crippen LogP contribution in [0.2, 0.25) is 0 Å². The van der Waals surface area contributed by atoms with Gasteiger partial charge in [0.05, 0.1) is 0 Å². The van der Waals surface area contributed by atoms with E-state index in [4.69, 9.17) is 14.2 Å².